The molecule has 0 aliphatic carbocycles. The molecular formula is C5H9FS. The first-order valence-electron chi connectivity index (χ1n) is 2.45. The van der Waals surface area contributed by atoms with Crippen molar-refractivity contribution in [1.82, 2.24) is 0 Å². The molecule has 2 heteroatoms. The summed E-state index contributed by atoms with van der Waals surface area (Å²) in [5, 5.41) is -0.359. The maximum Gasteiger partial charge on any atom is 0.162 e. The lowest BCUT2D eigenvalue weighted by molar-refractivity contribution is 0.742. The number of unbranched alkanes of at least 4 members (excludes halogenated alkanes) is 1. The second-order valence-corrected chi connectivity index (χ2v) is 1.90. The molecule has 0 spiro atoms. The maximum absolute atomic E-state index is 11.6. The lowest BCUT2D eigenvalue weighted by Gasteiger charge is -1.86. The third-order valence-corrected chi connectivity index (χ3v) is 0.931. The molecule has 0 N–H and O–H groups in total. The quantitative estimate of drug-likeness (QED) is 0.407. The first-order chi connectivity index (χ1) is 3.27. The second kappa shape index (κ2) is 4.19. The average molecular weight is 120 g/mol. The molecule has 0 fully saturated rings. The van der Waals surface area contributed by atoms with Gasteiger partial charge in [0.05, 0.1) is 0 Å². The van der Waals surface area contributed by atoms with Crippen molar-refractivity contribution in [2.75, 3.05) is 0 Å². The Morgan fingerprint density at radius 2 is 2.29 bits per heavy atom. The number of hydrogen-bond acceptors (Lipinski definition) is 1. The molecule has 0 bridgehead atoms. The molecule has 0 aromatic rings. The van der Waals surface area contributed by atoms with E-state index < -0.39 is 0 Å². The zero-order valence-corrected chi connectivity index (χ0v) is 5.22. The van der Waals surface area contributed by atoms with E-state index in [-0.39, 0.29) is 5.12 Å². The van der Waals surface area contributed by atoms with Crippen molar-refractivity contribution in [3.63, 3.8) is 0 Å². The molecule has 0 aromatic carbocycles. The van der Waals surface area contributed by atoms with Crippen molar-refractivity contribution < 1.29 is 4.39 Å². The Morgan fingerprint density at radius 1 is 1.71 bits per heavy atom. The van der Waals surface area contributed by atoms with Gasteiger partial charge in [-0.15, -0.1) is 0 Å². The fourth-order valence-electron chi connectivity index (χ4n) is 0.316. The Morgan fingerprint density at radius 3 is 2.43 bits per heavy atom. The minimum absolute atomic E-state index is 0.359. The molecule has 0 radical (unpaired) electrons. The Labute approximate surface area is 48.7 Å². The highest BCUT2D eigenvalue weighted by Gasteiger charge is 1.87. The van der Waals surface area contributed by atoms with Crippen LogP contribution in [0.15, 0.2) is 0 Å². The Kier molecular flexibility index (Phi) is 4.20. The van der Waals surface area contributed by atoms with Crippen LogP contribution >= 0.6 is 12.2 Å². The summed E-state index contributed by atoms with van der Waals surface area (Å²) in [6.45, 7) is 2.01. The Hall–Kier alpha value is 0.0200. The Balaban J connectivity index is 2.82. The van der Waals surface area contributed by atoms with Gasteiger partial charge < -0.3 is 0 Å². The fraction of sp³-hybridized carbons (Fsp3) is 0.800. The third kappa shape index (κ3) is 6.02. The summed E-state index contributed by atoms with van der Waals surface area (Å²) in [4.78, 5) is 0. The van der Waals surface area contributed by atoms with Crippen molar-refractivity contribution >= 4 is 17.3 Å². The van der Waals surface area contributed by atoms with Gasteiger partial charge in [0.25, 0.3) is 0 Å². The predicted octanol–water partition coefficient (Wildman–Crippen LogP) is 2.47. The lowest BCUT2D eigenvalue weighted by Crippen LogP contribution is -1.80. The zero-order chi connectivity index (χ0) is 5.70. The van der Waals surface area contributed by atoms with Gasteiger partial charge in [0, 0.05) is 6.42 Å². The van der Waals surface area contributed by atoms with Gasteiger partial charge in [-0.3, -0.25) is 0 Å². The van der Waals surface area contributed by atoms with E-state index in [2.05, 4.69) is 12.2 Å². The minimum atomic E-state index is -0.359. The minimum Gasteiger partial charge on any atom is -0.199 e. The highest BCUT2D eigenvalue weighted by molar-refractivity contribution is 7.80. The first kappa shape index (κ1) is 7.02. The number of halogens is 1. The summed E-state index contributed by atoms with van der Waals surface area (Å²) >= 11 is 4.19. The molecule has 0 saturated heterocycles. The van der Waals surface area contributed by atoms with Gasteiger partial charge >= 0.3 is 0 Å². The predicted molar refractivity (Wildman–Crippen MR) is 33.2 cm³/mol. The van der Waals surface area contributed by atoms with Gasteiger partial charge in [-0.1, -0.05) is 25.6 Å². The van der Waals surface area contributed by atoms with Crippen LogP contribution in [0.3, 0.4) is 0 Å². The molecule has 0 amide bonds. The largest absolute Gasteiger partial charge is 0.199 e. The molecule has 0 rings (SSSR count). The molecule has 0 aromatic heterocycles. The zero-order valence-electron chi connectivity index (χ0n) is 4.41. The molecule has 0 atom stereocenters. The molecule has 0 saturated carbocycles. The van der Waals surface area contributed by atoms with Gasteiger partial charge in [0.2, 0.25) is 0 Å². The van der Waals surface area contributed by atoms with E-state index in [1.807, 2.05) is 6.92 Å². The number of thiocarbonyl (C=S) groups is 1. The summed E-state index contributed by atoms with van der Waals surface area (Å²) in [7, 11) is 0. The Bertz CT molecular complexity index is 61.1. The van der Waals surface area contributed by atoms with Crippen molar-refractivity contribution in [3.8, 4) is 0 Å². The average Bonchev–Trinajstić information content (AvgIpc) is 1.61. The standard InChI is InChI=1S/C5H9FS/c1-2-3-4-5(6)7/h2-4H2,1H3. The summed E-state index contributed by atoms with van der Waals surface area (Å²) < 4.78 is 11.6. The third-order valence-electron chi connectivity index (χ3n) is 0.727. The lowest BCUT2D eigenvalue weighted by atomic mass is 10.3. The van der Waals surface area contributed by atoms with Crippen LogP contribution in [0, 0.1) is 0 Å². The van der Waals surface area contributed by atoms with Crippen LogP contribution in [0.1, 0.15) is 26.2 Å². The highest BCUT2D eigenvalue weighted by Crippen LogP contribution is 1.96. The van der Waals surface area contributed by atoms with Crippen LogP contribution in [0.2, 0.25) is 0 Å². The molecule has 0 aliphatic rings. The van der Waals surface area contributed by atoms with Gasteiger partial charge in [0.1, 0.15) is 0 Å². The number of hydrogen-bond donors (Lipinski definition) is 0. The van der Waals surface area contributed by atoms with Gasteiger partial charge in [0.15, 0.2) is 5.12 Å². The first-order valence-corrected chi connectivity index (χ1v) is 2.86. The smallest absolute Gasteiger partial charge is 0.162 e. The van der Waals surface area contributed by atoms with Gasteiger partial charge in [-0.2, -0.15) is 4.39 Å². The van der Waals surface area contributed by atoms with Crippen molar-refractivity contribution in [2.45, 2.75) is 26.2 Å². The van der Waals surface area contributed by atoms with Crippen LogP contribution in [-0.4, -0.2) is 5.12 Å². The van der Waals surface area contributed by atoms with Gasteiger partial charge in [-0.05, 0) is 6.42 Å². The van der Waals surface area contributed by atoms with E-state index >= 15 is 0 Å². The second-order valence-electron chi connectivity index (χ2n) is 1.46. The molecule has 42 valence electrons. The monoisotopic (exact) mass is 120 g/mol. The van der Waals surface area contributed by atoms with E-state index in [0.717, 1.165) is 12.8 Å². The van der Waals surface area contributed by atoms with Crippen LogP contribution in [0.25, 0.3) is 0 Å². The van der Waals surface area contributed by atoms with E-state index in [1.165, 1.54) is 0 Å². The fourth-order valence-corrected chi connectivity index (χ4v) is 0.460. The summed E-state index contributed by atoms with van der Waals surface area (Å²) in [5.41, 5.74) is 0. The SMILES string of the molecule is CCCCC(F)=S. The maximum atomic E-state index is 11.6. The number of rotatable bonds is 3. The highest BCUT2D eigenvalue weighted by atomic mass is 32.1. The van der Waals surface area contributed by atoms with E-state index in [1.54, 1.807) is 0 Å². The molecule has 7 heavy (non-hydrogen) atoms. The molecule has 0 unspecified atom stereocenters. The topological polar surface area (TPSA) is 0 Å². The van der Waals surface area contributed by atoms with Crippen LogP contribution < -0.4 is 0 Å². The van der Waals surface area contributed by atoms with E-state index in [0.29, 0.717) is 6.42 Å². The molecular weight excluding hydrogens is 111 g/mol. The van der Waals surface area contributed by atoms with Crippen molar-refractivity contribution in [2.24, 2.45) is 0 Å². The normalized spacial score (nSPS) is 8.86. The van der Waals surface area contributed by atoms with E-state index in [4.69, 9.17) is 0 Å². The van der Waals surface area contributed by atoms with Crippen LogP contribution in [0.5, 0.6) is 0 Å². The van der Waals surface area contributed by atoms with Crippen LogP contribution in [-0.2, 0) is 0 Å². The molecule has 0 heterocycles. The van der Waals surface area contributed by atoms with Gasteiger partial charge in [-0.25, -0.2) is 0 Å². The van der Waals surface area contributed by atoms with E-state index in [9.17, 15) is 4.39 Å². The summed E-state index contributed by atoms with van der Waals surface area (Å²) in [6, 6.07) is 0. The molecule has 0 nitrogen and oxygen atoms in total. The van der Waals surface area contributed by atoms with Crippen molar-refractivity contribution in [1.29, 1.82) is 0 Å². The molecule has 0 aliphatic heterocycles. The van der Waals surface area contributed by atoms with Crippen molar-refractivity contribution in [3.05, 3.63) is 0 Å². The van der Waals surface area contributed by atoms with Crippen LogP contribution in [0.4, 0.5) is 4.39 Å². The summed E-state index contributed by atoms with van der Waals surface area (Å²) in [5.74, 6) is 0. The summed E-state index contributed by atoms with van der Waals surface area (Å²) in [6.07, 6.45) is 2.37.